The Morgan fingerprint density at radius 3 is 2.93 bits per heavy atom. The summed E-state index contributed by atoms with van der Waals surface area (Å²) in [6.07, 6.45) is 1.43. The Balaban J connectivity index is 2.57. The zero-order valence-corrected chi connectivity index (χ0v) is 7.37. The van der Waals surface area contributed by atoms with Gasteiger partial charge < -0.3 is 5.73 Å². The molecule has 1 aromatic carbocycles. The van der Waals surface area contributed by atoms with Crippen LogP contribution < -0.4 is 5.73 Å². The SMILES string of the molecule is N[C@H]1CCc2cc(F)c([N+](=O)[O-])cc21. The fourth-order valence-electron chi connectivity index (χ4n) is 1.79. The number of nitro groups is 1. The summed E-state index contributed by atoms with van der Waals surface area (Å²) in [7, 11) is 0. The summed E-state index contributed by atoms with van der Waals surface area (Å²) in [6, 6.07) is 2.28. The van der Waals surface area contributed by atoms with Crippen molar-refractivity contribution in [3.8, 4) is 0 Å². The van der Waals surface area contributed by atoms with Gasteiger partial charge in [-0.1, -0.05) is 0 Å². The molecule has 0 amide bonds. The Kier molecular flexibility index (Phi) is 1.96. The normalized spacial score (nSPS) is 19.4. The number of rotatable bonds is 1. The maximum Gasteiger partial charge on any atom is 0.305 e. The fourth-order valence-corrected chi connectivity index (χ4v) is 1.79. The zero-order chi connectivity index (χ0) is 10.3. The molecule has 1 atom stereocenters. The van der Waals surface area contributed by atoms with E-state index in [4.69, 9.17) is 5.73 Å². The number of nitrogens with two attached hydrogens (primary N) is 1. The van der Waals surface area contributed by atoms with E-state index in [1.54, 1.807) is 0 Å². The molecule has 0 fully saturated rings. The van der Waals surface area contributed by atoms with Crippen LogP contribution in [0.1, 0.15) is 23.6 Å². The van der Waals surface area contributed by atoms with Crippen molar-refractivity contribution in [1.82, 2.24) is 0 Å². The monoisotopic (exact) mass is 196 g/mol. The number of fused-ring (bicyclic) bond motifs is 1. The first-order chi connectivity index (χ1) is 6.59. The van der Waals surface area contributed by atoms with E-state index >= 15 is 0 Å². The van der Waals surface area contributed by atoms with Gasteiger partial charge in [0, 0.05) is 12.1 Å². The van der Waals surface area contributed by atoms with E-state index in [0.29, 0.717) is 12.0 Å². The third-order valence-electron chi connectivity index (χ3n) is 2.53. The predicted molar refractivity (Wildman–Crippen MR) is 48.3 cm³/mol. The molecule has 0 saturated carbocycles. The molecule has 0 radical (unpaired) electrons. The Morgan fingerprint density at radius 1 is 1.57 bits per heavy atom. The Bertz CT molecular complexity index is 406. The van der Waals surface area contributed by atoms with Crippen LogP contribution in [0.15, 0.2) is 12.1 Å². The van der Waals surface area contributed by atoms with Gasteiger partial charge in [-0.3, -0.25) is 10.1 Å². The molecule has 0 saturated heterocycles. The molecule has 0 aliphatic heterocycles. The summed E-state index contributed by atoms with van der Waals surface area (Å²) in [5.41, 5.74) is 6.73. The van der Waals surface area contributed by atoms with E-state index in [2.05, 4.69) is 0 Å². The molecule has 1 aromatic rings. The van der Waals surface area contributed by atoms with Crippen LogP contribution >= 0.6 is 0 Å². The van der Waals surface area contributed by atoms with Crippen molar-refractivity contribution in [3.63, 3.8) is 0 Å². The smallest absolute Gasteiger partial charge is 0.305 e. The predicted octanol–water partition coefficient (Wildman–Crippen LogP) is 1.68. The topological polar surface area (TPSA) is 69.2 Å². The lowest BCUT2D eigenvalue weighted by atomic mass is 10.1. The molecule has 2 N–H and O–H groups in total. The second-order valence-electron chi connectivity index (χ2n) is 3.40. The van der Waals surface area contributed by atoms with Gasteiger partial charge in [0.2, 0.25) is 5.82 Å². The number of hydrogen-bond acceptors (Lipinski definition) is 3. The molecule has 0 bridgehead atoms. The molecule has 0 heterocycles. The number of halogens is 1. The molecule has 1 aliphatic rings. The largest absolute Gasteiger partial charge is 0.324 e. The van der Waals surface area contributed by atoms with Crippen LogP contribution in [-0.4, -0.2) is 4.92 Å². The Labute approximate surface area is 79.7 Å². The van der Waals surface area contributed by atoms with Gasteiger partial charge in [0.05, 0.1) is 4.92 Å². The summed E-state index contributed by atoms with van der Waals surface area (Å²) in [5, 5.41) is 10.5. The quantitative estimate of drug-likeness (QED) is 0.548. The molecule has 0 unspecified atom stereocenters. The van der Waals surface area contributed by atoms with Gasteiger partial charge in [-0.25, -0.2) is 0 Å². The highest BCUT2D eigenvalue weighted by Gasteiger charge is 2.25. The second-order valence-corrected chi connectivity index (χ2v) is 3.40. The van der Waals surface area contributed by atoms with Crippen molar-refractivity contribution in [2.75, 3.05) is 0 Å². The minimum Gasteiger partial charge on any atom is -0.324 e. The molecule has 74 valence electrons. The van der Waals surface area contributed by atoms with Crippen LogP contribution in [0, 0.1) is 15.9 Å². The summed E-state index contributed by atoms with van der Waals surface area (Å²) in [4.78, 5) is 9.73. The highest BCUT2D eigenvalue weighted by Crippen LogP contribution is 2.33. The van der Waals surface area contributed by atoms with Crippen LogP contribution in [-0.2, 0) is 6.42 Å². The minimum atomic E-state index is -0.775. The molecule has 5 heteroatoms. The summed E-state index contributed by atoms with van der Waals surface area (Å²) < 4.78 is 13.1. The highest BCUT2D eigenvalue weighted by molar-refractivity contribution is 5.45. The van der Waals surface area contributed by atoms with Crippen molar-refractivity contribution >= 4 is 5.69 Å². The van der Waals surface area contributed by atoms with Crippen molar-refractivity contribution in [2.45, 2.75) is 18.9 Å². The van der Waals surface area contributed by atoms with Gasteiger partial charge in [0.1, 0.15) is 0 Å². The van der Waals surface area contributed by atoms with Crippen LogP contribution in [0.5, 0.6) is 0 Å². The third-order valence-corrected chi connectivity index (χ3v) is 2.53. The van der Waals surface area contributed by atoms with Gasteiger partial charge in [0.25, 0.3) is 0 Å². The van der Waals surface area contributed by atoms with Crippen molar-refractivity contribution in [1.29, 1.82) is 0 Å². The van der Waals surface area contributed by atoms with Gasteiger partial charge in [-0.2, -0.15) is 4.39 Å². The Morgan fingerprint density at radius 2 is 2.29 bits per heavy atom. The summed E-state index contributed by atoms with van der Waals surface area (Å²) in [5.74, 6) is -0.775. The molecule has 4 nitrogen and oxygen atoms in total. The van der Waals surface area contributed by atoms with E-state index in [-0.39, 0.29) is 6.04 Å². The van der Waals surface area contributed by atoms with Gasteiger partial charge >= 0.3 is 5.69 Å². The van der Waals surface area contributed by atoms with Crippen molar-refractivity contribution < 1.29 is 9.31 Å². The van der Waals surface area contributed by atoms with E-state index in [0.717, 1.165) is 12.0 Å². The molecule has 2 rings (SSSR count). The van der Waals surface area contributed by atoms with Crippen LogP contribution in [0.25, 0.3) is 0 Å². The van der Waals surface area contributed by atoms with Crippen LogP contribution in [0.4, 0.5) is 10.1 Å². The maximum atomic E-state index is 13.1. The van der Waals surface area contributed by atoms with Crippen molar-refractivity contribution in [2.24, 2.45) is 5.73 Å². The van der Waals surface area contributed by atoms with Crippen LogP contribution in [0.3, 0.4) is 0 Å². The average Bonchev–Trinajstić information content (AvgIpc) is 2.46. The lowest BCUT2D eigenvalue weighted by Gasteiger charge is -2.04. The van der Waals surface area contributed by atoms with E-state index in [1.807, 2.05) is 0 Å². The maximum absolute atomic E-state index is 13.1. The molecule has 1 aliphatic carbocycles. The van der Waals surface area contributed by atoms with Gasteiger partial charge in [-0.15, -0.1) is 0 Å². The third kappa shape index (κ3) is 1.26. The van der Waals surface area contributed by atoms with E-state index in [1.165, 1.54) is 12.1 Å². The molecule has 0 spiro atoms. The van der Waals surface area contributed by atoms with E-state index < -0.39 is 16.4 Å². The lowest BCUT2D eigenvalue weighted by molar-refractivity contribution is -0.387. The Hall–Kier alpha value is -1.49. The molecular formula is C9H9FN2O2. The first kappa shape index (κ1) is 9.08. The molecule has 14 heavy (non-hydrogen) atoms. The van der Waals surface area contributed by atoms with Crippen LogP contribution in [0.2, 0.25) is 0 Å². The summed E-state index contributed by atoms with van der Waals surface area (Å²) in [6.45, 7) is 0. The number of benzene rings is 1. The number of hydrogen-bond donors (Lipinski definition) is 1. The zero-order valence-electron chi connectivity index (χ0n) is 7.37. The van der Waals surface area contributed by atoms with Gasteiger partial charge in [0.15, 0.2) is 0 Å². The summed E-state index contributed by atoms with van der Waals surface area (Å²) >= 11 is 0. The second kappa shape index (κ2) is 3.02. The fraction of sp³-hybridized carbons (Fsp3) is 0.333. The molecule has 0 aromatic heterocycles. The number of nitrogens with zero attached hydrogens (tertiary/aromatic N) is 1. The number of nitro benzene ring substituents is 1. The van der Waals surface area contributed by atoms with Crippen molar-refractivity contribution in [3.05, 3.63) is 39.2 Å². The lowest BCUT2D eigenvalue weighted by Crippen LogP contribution is -2.06. The average molecular weight is 196 g/mol. The molecular weight excluding hydrogens is 187 g/mol. The highest BCUT2D eigenvalue weighted by atomic mass is 19.1. The first-order valence-corrected chi connectivity index (χ1v) is 4.32. The minimum absolute atomic E-state index is 0.190. The van der Waals surface area contributed by atoms with Gasteiger partial charge in [-0.05, 0) is 30.0 Å². The first-order valence-electron chi connectivity index (χ1n) is 4.32. The van der Waals surface area contributed by atoms with E-state index in [9.17, 15) is 14.5 Å². The standard InChI is InChI=1S/C9H9FN2O2/c10-7-3-5-1-2-8(11)6(5)4-9(7)12(13)14/h3-4,8H,1-2,11H2/t8-/m0/s1. The number of aryl methyl sites for hydroxylation is 1.